The second-order valence-corrected chi connectivity index (χ2v) is 3.33. The first kappa shape index (κ1) is 10.4. The highest BCUT2D eigenvalue weighted by Gasteiger charge is 2.02. The molecule has 2 aromatic heterocycles. The van der Waals surface area contributed by atoms with Crippen LogP contribution < -0.4 is 5.32 Å². The number of aromatic nitrogens is 5. The molecule has 0 saturated heterocycles. The Balaban J connectivity index is 1.94. The van der Waals surface area contributed by atoms with Crippen LogP contribution in [0.15, 0.2) is 12.4 Å². The third kappa shape index (κ3) is 2.25. The highest BCUT2D eigenvalue weighted by atomic mass is 15.5. The van der Waals surface area contributed by atoms with Crippen LogP contribution in [0.25, 0.3) is 5.65 Å². The Morgan fingerprint density at radius 1 is 1.38 bits per heavy atom. The summed E-state index contributed by atoms with van der Waals surface area (Å²) < 4.78 is 1.62. The van der Waals surface area contributed by atoms with Gasteiger partial charge in [0.2, 0.25) is 0 Å². The molecule has 0 aliphatic rings. The quantitative estimate of drug-likeness (QED) is 0.589. The van der Waals surface area contributed by atoms with Crippen molar-refractivity contribution < 1.29 is 0 Å². The van der Waals surface area contributed by atoms with Crippen molar-refractivity contribution in [3.8, 4) is 12.3 Å². The van der Waals surface area contributed by atoms with Gasteiger partial charge in [-0.15, -0.1) is 17.4 Å². The Morgan fingerprint density at radius 3 is 3.19 bits per heavy atom. The van der Waals surface area contributed by atoms with Crippen LogP contribution >= 0.6 is 0 Å². The number of rotatable bonds is 5. The number of unbranched alkanes of at least 4 members (excludes halogenated alkanes) is 2. The van der Waals surface area contributed by atoms with E-state index in [4.69, 9.17) is 6.42 Å². The third-order valence-corrected chi connectivity index (χ3v) is 2.16. The lowest BCUT2D eigenvalue weighted by molar-refractivity contribution is 0.773. The van der Waals surface area contributed by atoms with Crippen LogP contribution in [0, 0.1) is 12.3 Å². The largest absolute Gasteiger partial charge is 0.369 e. The van der Waals surface area contributed by atoms with E-state index in [1.165, 1.54) is 0 Å². The minimum Gasteiger partial charge on any atom is -0.369 e. The Bertz CT molecular complexity index is 497. The maximum Gasteiger partial charge on any atom is 0.199 e. The lowest BCUT2D eigenvalue weighted by atomic mass is 10.2. The summed E-state index contributed by atoms with van der Waals surface area (Å²) in [5, 5.41) is 14.5. The molecule has 0 aliphatic carbocycles. The van der Waals surface area contributed by atoms with Gasteiger partial charge in [-0.1, -0.05) is 0 Å². The fourth-order valence-electron chi connectivity index (χ4n) is 1.36. The zero-order valence-corrected chi connectivity index (χ0v) is 8.80. The van der Waals surface area contributed by atoms with Gasteiger partial charge < -0.3 is 5.32 Å². The summed E-state index contributed by atoms with van der Waals surface area (Å²) in [5.74, 6) is 3.41. The summed E-state index contributed by atoms with van der Waals surface area (Å²) in [6.07, 6.45) is 11.3. The predicted octanol–water partition coefficient (Wildman–Crippen LogP) is 0.735. The highest BCUT2D eigenvalue weighted by molar-refractivity contribution is 5.43. The molecule has 0 bridgehead atoms. The fraction of sp³-hybridized carbons (Fsp3) is 0.400. The first-order chi connectivity index (χ1) is 7.92. The maximum atomic E-state index is 5.17. The number of hydrogen-bond acceptors (Lipinski definition) is 5. The molecule has 0 radical (unpaired) electrons. The van der Waals surface area contributed by atoms with Crippen LogP contribution in [0.3, 0.4) is 0 Å². The number of anilines is 1. The minimum absolute atomic E-state index is 0.633. The molecule has 0 amide bonds. The van der Waals surface area contributed by atoms with Crippen LogP contribution in [0.4, 0.5) is 5.82 Å². The number of nitrogens with zero attached hydrogens (tertiary/aromatic N) is 5. The summed E-state index contributed by atoms with van der Waals surface area (Å²) in [4.78, 5) is 4.04. The van der Waals surface area contributed by atoms with E-state index in [1.807, 2.05) is 0 Å². The van der Waals surface area contributed by atoms with Crippen molar-refractivity contribution in [2.24, 2.45) is 0 Å². The number of hydrogen-bond donors (Lipinski definition) is 1. The van der Waals surface area contributed by atoms with Crippen LogP contribution in [-0.2, 0) is 0 Å². The van der Waals surface area contributed by atoms with Crippen molar-refractivity contribution in [2.75, 3.05) is 11.9 Å². The fourth-order valence-corrected chi connectivity index (χ4v) is 1.36. The number of nitrogens with one attached hydrogen (secondary N) is 1. The van der Waals surface area contributed by atoms with Gasteiger partial charge in [-0.2, -0.15) is 4.52 Å². The van der Waals surface area contributed by atoms with E-state index in [1.54, 1.807) is 16.9 Å². The molecular weight excluding hydrogens is 204 g/mol. The summed E-state index contributed by atoms with van der Waals surface area (Å²) in [5.41, 5.74) is 0.633. The van der Waals surface area contributed by atoms with E-state index in [-0.39, 0.29) is 0 Å². The minimum atomic E-state index is 0.633. The van der Waals surface area contributed by atoms with Crippen molar-refractivity contribution in [1.82, 2.24) is 25.0 Å². The van der Waals surface area contributed by atoms with E-state index in [9.17, 15) is 0 Å². The maximum absolute atomic E-state index is 5.17. The lowest BCUT2D eigenvalue weighted by Gasteiger charge is -2.05. The Labute approximate surface area is 93.1 Å². The smallest absolute Gasteiger partial charge is 0.199 e. The van der Waals surface area contributed by atoms with Gasteiger partial charge in [-0.25, -0.2) is 0 Å². The zero-order valence-electron chi connectivity index (χ0n) is 8.80. The second-order valence-electron chi connectivity index (χ2n) is 3.33. The summed E-state index contributed by atoms with van der Waals surface area (Å²) in [6, 6.07) is 0. The first-order valence-corrected chi connectivity index (χ1v) is 5.11. The number of tetrazole rings is 1. The molecule has 6 nitrogen and oxygen atoms in total. The van der Waals surface area contributed by atoms with Gasteiger partial charge in [0.05, 0.1) is 12.4 Å². The molecule has 0 spiro atoms. The van der Waals surface area contributed by atoms with Crippen molar-refractivity contribution in [3.63, 3.8) is 0 Å². The molecule has 82 valence electrons. The van der Waals surface area contributed by atoms with Crippen LogP contribution in [0.2, 0.25) is 0 Å². The van der Waals surface area contributed by atoms with Gasteiger partial charge in [0.15, 0.2) is 5.65 Å². The van der Waals surface area contributed by atoms with E-state index in [0.717, 1.165) is 31.6 Å². The molecule has 0 fully saturated rings. The molecule has 2 heterocycles. The SMILES string of the molecule is C#CCCCCNc1cncc2nnnn12. The number of fused-ring (bicyclic) bond motifs is 1. The summed E-state index contributed by atoms with van der Waals surface area (Å²) >= 11 is 0. The van der Waals surface area contributed by atoms with Crippen molar-refractivity contribution >= 4 is 11.5 Å². The monoisotopic (exact) mass is 216 g/mol. The van der Waals surface area contributed by atoms with Gasteiger partial charge in [0.25, 0.3) is 0 Å². The molecule has 2 rings (SSSR count). The molecule has 0 unspecified atom stereocenters. The molecule has 0 aromatic carbocycles. The van der Waals surface area contributed by atoms with E-state index < -0.39 is 0 Å². The predicted molar refractivity (Wildman–Crippen MR) is 59.8 cm³/mol. The first-order valence-electron chi connectivity index (χ1n) is 5.11. The van der Waals surface area contributed by atoms with Crippen molar-refractivity contribution in [1.29, 1.82) is 0 Å². The van der Waals surface area contributed by atoms with Gasteiger partial charge in [-0.05, 0) is 23.3 Å². The van der Waals surface area contributed by atoms with Gasteiger partial charge in [0.1, 0.15) is 5.82 Å². The molecule has 16 heavy (non-hydrogen) atoms. The van der Waals surface area contributed by atoms with Gasteiger partial charge in [0, 0.05) is 13.0 Å². The Morgan fingerprint density at radius 2 is 2.31 bits per heavy atom. The van der Waals surface area contributed by atoms with Crippen molar-refractivity contribution in [2.45, 2.75) is 19.3 Å². The molecular formula is C10H12N6. The van der Waals surface area contributed by atoms with Crippen LogP contribution in [0.5, 0.6) is 0 Å². The van der Waals surface area contributed by atoms with Gasteiger partial charge in [-0.3, -0.25) is 4.98 Å². The molecule has 1 N–H and O–H groups in total. The van der Waals surface area contributed by atoms with Crippen molar-refractivity contribution in [3.05, 3.63) is 12.4 Å². The molecule has 0 saturated carbocycles. The topological polar surface area (TPSA) is 68.0 Å². The van der Waals surface area contributed by atoms with Crippen LogP contribution in [0.1, 0.15) is 19.3 Å². The molecule has 0 aliphatic heterocycles. The molecule has 2 aromatic rings. The van der Waals surface area contributed by atoms with E-state index in [0.29, 0.717) is 5.65 Å². The van der Waals surface area contributed by atoms with E-state index >= 15 is 0 Å². The standard InChI is InChI=1S/C10H12N6/c1-2-3-4-5-6-12-9-7-11-8-10-13-14-15-16(9)10/h1,7-8,12H,3-6H2. The highest BCUT2D eigenvalue weighted by Crippen LogP contribution is 2.06. The Hall–Kier alpha value is -2.16. The van der Waals surface area contributed by atoms with Crippen LogP contribution in [-0.4, -0.2) is 31.6 Å². The lowest BCUT2D eigenvalue weighted by Crippen LogP contribution is -2.07. The third-order valence-electron chi connectivity index (χ3n) is 2.16. The molecule has 0 atom stereocenters. The summed E-state index contributed by atoms with van der Waals surface area (Å²) in [6.45, 7) is 0.836. The second kappa shape index (κ2) is 5.07. The average molecular weight is 216 g/mol. The number of terminal acetylenes is 1. The Kier molecular flexibility index (Phi) is 3.28. The van der Waals surface area contributed by atoms with Gasteiger partial charge >= 0.3 is 0 Å². The zero-order chi connectivity index (χ0) is 11.2. The van der Waals surface area contributed by atoms with E-state index in [2.05, 4.69) is 31.7 Å². The average Bonchev–Trinajstić information content (AvgIpc) is 2.77. The summed E-state index contributed by atoms with van der Waals surface area (Å²) in [7, 11) is 0. The molecule has 6 heteroatoms. The normalized spacial score (nSPS) is 10.2.